The SMILES string of the molecule is COCCOc1cc(Cl)cc(CC(C)C(C)=O)c1. The van der Waals surface area contributed by atoms with E-state index in [4.69, 9.17) is 21.1 Å². The van der Waals surface area contributed by atoms with Gasteiger partial charge >= 0.3 is 0 Å². The van der Waals surface area contributed by atoms with E-state index in [1.165, 1.54) is 0 Å². The van der Waals surface area contributed by atoms with Crippen molar-refractivity contribution < 1.29 is 14.3 Å². The molecule has 0 amide bonds. The molecule has 1 unspecified atom stereocenters. The second-order valence-electron chi connectivity index (χ2n) is 4.35. The summed E-state index contributed by atoms with van der Waals surface area (Å²) in [5.74, 6) is 0.887. The van der Waals surface area contributed by atoms with Gasteiger partial charge in [-0.25, -0.2) is 0 Å². The second-order valence-corrected chi connectivity index (χ2v) is 4.79. The normalized spacial score (nSPS) is 12.2. The van der Waals surface area contributed by atoms with Crippen LogP contribution in [0.4, 0.5) is 0 Å². The van der Waals surface area contributed by atoms with Gasteiger partial charge in [0.05, 0.1) is 6.61 Å². The quantitative estimate of drug-likeness (QED) is 0.714. The molecule has 4 heteroatoms. The minimum atomic E-state index is -0.00436. The third-order valence-electron chi connectivity index (χ3n) is 2.72. The van der Waals surface area contributed by atoms with Gasteiger partial charge in [-0.3, -0.25) is 4.79 Å². The highest BCUT2D eigenvalue weighted by Gasteiger charge is 2.10. The van der Waals surface area contributed by atoms with Crippen LogP contribution in [-0.2, 0) is 16.0 Å². The van der Waals surface area contributed by atoms with Gasteiger partial charge < -0.3 is 9.47 Å². The Morgan fingerprint density at radius 2 is 2.06 bits per heavy atom. The minimum absolute atomic E-state index is 0.00436. The summed E-state index contributed by atoms with van der Waals surface area (Å²) in [4.78, 5) is 11.2. The molecular formula is C14H19ClO3. The Balaban J connectivity index is 2.71. The van der Waals surface area contributed by atoms with E-state index >= 15 is 0 Å². The van der Waals surface area contributed by atoms with Crippen LogP contribution in [0.15, 0.2) is 18.2 Å². The van der Waals surface area contributed by atoms with Crippen LogP contribution in [0.5, 0.6) is 5.75 Å². The first-order valence-electron chi connectivity index (χ1n) is 5.94. The zero-order chi connectivity index (χ0) is 13.5. The Hall–Kier alpha value is -1.06. The van der Waals surface area contributed by atoms with Crippen LogP contribution >= 0.6 is 11.6 Å². The second kappa shape index (κ2) is 7.39. The average molecular weight is 271 g/mol. The number of halogens is 1. The predicted octanol–water partition coefficient (Wildman–Crippen LogP) is 3.13. The lowest BCUT2D eigenvalue weighted by molar-refractivity contribution is -0.120. The summed E-state index contributed by atoms with van der Waals surface area (Å²) >= 11 is 6.03. The zero-order valence-electron chi connectivity index (χ0n) is 11.0. The van der Waals surface area contributed by atoms with E-state index in [1.54, 1.807) is 20.1 Å². The number of benzene rings is 1. The lowest BCUT2D eigenvalue weighted by Crippen LogP contribution is -2.10. The Bertz CT molecular complexity index is 404. The molecule has 1 atom stereocenters. The van der Waals surface area contributed by atoms with Gasteiger partial charge in [0.1, 0.15) is 18.1 Å². The summed E-state index contributed by atoms with van der Waals surface area (Å²) in [5.41, 5.74) is 1.01. The van der Waals surface area contributed by atoms with Gasteiger partial charge in [0.25, 0.3) is 0 Å². The summed E-state index contributed by atoms with van der Waals surface area (Å²) in [6.45, 7) is 4.53. The molecule has 0 aliphatic carbocycles. The standard InChI is InChI=1S/C14H19ClO3/c1-10(11(2)16)6-12-7-13(15)9-14(8-12)18-5-4-17-3/h7-10H,4-6H2,1-3H3. The van der Waals surface area contributed by atoms with E-state index in [9.17, 15) is 4.79 Å². The molecule has 3 nitrogen and oxygen atoms in total. The molecule has 0 saturated carbocycles. The number of ether oxygens (including phenoxy) is 2. The number of carbonyl (C=O) groups is 1. The molecule has 100 valence electrons. The van der Waals surface area contributed by atoms with Crippen LogP contribution in [0.1, 0.15) is 19.4 Å². The van der Waals surface area contributed by atoms with E-state index in [-0.39, 0.29) is 11.7 Å². The van der Waals surface area contributed by atoms with Gasteiger partial charge in [0.15, 0.2) is 0 Å². The largest absolute Gasteiger partial charge is 0.491 e. The molecule has 0 spiro atoms. The van der Waals surface area contributed by atoms with Crippen LogP contribution in [0, 0.1) is 5.92 Å². The fraction of sp³-hybridized carbons (Fsp3) is 0.500. The number of hydrogen-bond acceptors (Lipinski definition) is 3. The molecule has 0 radical (unpaired) electrons. The molecule has 1 rings (SSSR count). The molecule has 18 heavy (non-hydrogen) atoms. The van der Waals surface area contributed by atoms with Crippen molar-refractivity contribution in [3.8, 4) is 5.75 Å². The third kappa shape index (κ3) is 5.07. The maximum absolute atomic E-state index is 11.2. The van der Waals surface area contributed by atoms with Crippen LogP contribution in [0.25, 0.3) is 0 Å². The molecule has 0 aliphatic rings. The summed E-state index contributed by atoms with van der Waals surface area (Å²) in [5, 5.41) is 0.621. The zero-order valence-corrected chi connectivity index (χ0v) is 11.8. The van der Waals surface area contributed by atoms with Crippen molar-refractivity contribution >= 4 is 17.4 Å². The molecule has 0 fully saturated rings. The molecule has 0 aromatic heterocycles. The fourth-order valence-electron chi connectivity index (χ4n) is 1.56. The molecule has 0 heterocycles. The van der Waals surface area contributed by atoms with Crippen molar-refractivity contribution in [2.45, 2.75) is 20.3 Å². The van der Waals surface area contributed by atoms with E-state index in [1.807, 2.05) is 19.1 Å². The third-order valence-corrected chi connectivity index (χ3v) is 2.94. The highest BCUT2D eigenvalue weighted by Crippen LogP contribution is 2.23. The Morgan fingerprint density at radius 3 is 2.67 bits per heavy atom. The van der Waals surface area contributed by atoms with Crippen molar-refractivity contribution in [1.29, 1.82) is 0 Å². The van der Waals surface area contributed by atoms with E-state index in [2.05, 4.69) is 0 Å². The monoisotopic (exact) mass is 270 g/mol. The van der Waals surface area contributed by atoms with Crippen molar-refractivity contribution in [1.82, 2.24) is 0 Å². The number of rotatable bonds is 7. The lowest BCUT2D eigenvalue weighted by Gasteiger charge is -2.11. The van der Waals surface area contributed by atoms with Gasteiger partial charge in [0.2, 0.25) is 0 Å². The van der Waals surface area contributed by atoms with Crippen molar-refractivity contribution in [2.24, 2.45) is 5.92 Å². The number of hydrogen-bond donors (Lipinski definition) is 0. The smallest absolute Gasteiger partial charge is 0.132 e. The van der Waals surface area contributed by atoms with Gasteiger partial charge in [-0.05, 0) is 37.1 Å². The molecule has 1 aromatic carbocycles. The summed E-state index contributed by atoms with van der Waals surface area (Å²) in [6, 6.07) is 5.55. The number of ketones is 1. The molecule has 0 N–H and O–H groups in total. The Labute approximate surface area is 113 Å². The molecule has 0 saturated heterocycles. The Morgan fingerprint density at radius 1 is 1.33 bits per heavy atom. The topological polar surface area (TPSA) is 35.5 Å². The van der Waals surface area contributed by atoms with Crippen molar-refractivity contribution in [3.05, 3.63) is 28.8 Å². The highest BCUT2D eigenvalue weighted by molar-refractivity contribution is 6.30. The van der Waals surface area contributed by atoms with Gasteiger partial charge in [-0.15, -0.1) is 0 Å². The number of Topliss-reactive ketones (excluding diaryl/α,β-unsaturated/α-hetero) is 1. The predicted molar refractivity (Wildman–Crippen MR) is 72.4 cm³/mol. The lowest BCUT2D eigenvalue weighted by atomic mass is 9.98. The molecule has 0 bridgehead atoms. The highest BCUT2D eigenvalue weighted by atomic mass is 35.5. The summed E-state index contributed by atoms with van der Waals surface area (Å²) < 4.78 is 10.4. The van der Waals surface area contributed by atoms with Crippen LogP contribution in [0.2, 0.25) is 5.02 Å². The van der Waals surface area contributed by atoms with Crippen LogP contribution in [-0.4, -0.2) is 26.1 Å². The first kappa shape index (κ1) is 15.0. The van der Waals surface area contributed by atoms with E-state index in [0.29, 0.717) is 30.4 Å². The van der Waals surface area contributed by atoms with Crippen LogP contribution < -0.4 is 4.74 Å². The number of carbonyl (C=O) groups excluding carboxylic acids is 1. The minimum Gasteiger partial charge on any atom is -0.491 e. The van der Waals surface area contributed by atoms with Crippen molar-refractivity contribution in [3.63, 3.8) is 0 Å². The molecular weight excluding hydrogens is 252 g/mol. The maximum atomic E-state index is 11.2. The summed E-state index contributed by atoms with van der Waals surface area (Å²) in [7, 11) is 1.63. The average Bonchev–Trinajstić information content (AvgIpc) is 2.28. The first-order valence-corrected chi connectivity index (χ1v) is 6.32. The Kier molecular flexibility index (Phi) is 6.16. The number of methoxy groups -OCH3 is 1. The maximum Gasteiger partial charge on any atom is 0.132 e. The fourth-order valence-corrected chi connectivity index (χ4v) is 1.81. The van der Waals surface area contributed by atoms with Gasteiger partial charge in [0, 0.05) is 18.1 Å². The van der Waals surface area contributed by atoms with Gasteiger partial charge in [-0.1, -0.05) is 18.5 Å². The molecule has 1 aromatic rings. The molecule has 0 aliphatic heterocycles. The first-order chi connectivity index (χ1) is 8.52. The summed E-state index contributed by atoms with van der Waals surface area (Å²) in [6.07, 6.45) is 0.677. The van der Waals surface area contributed by atoms with E-state index < -0.39 is 0 Å². The van der Waals surface area contributed by atoms with Crippen LogP contribution in [0.3, 0.4) is 0 Å². The van der Waals surface area contributed by atoms with Gasteiger partial charge in [-0.2, -0.15) is 0 Å². The van der Waals surface area contributed by atoms with E-state index in [0.717, 1.165) is 5.56 Å². The van der Waals surface area contributed by atoms with Crippen molar-refractivity contribution in [2.75, 3.05) is 20.3 Å².